The number of nitrogens with one attached hydrogen (secondary N) is 1. The highest BCUT2D eigenvalue weighted by Gasteiger charge is 2.35. The van der Waals surface area contributed by atoms with Gasteiger partial charge in [0.1, 0.15) is 0 Å². The molecule has 0 radical (unpaired) electrons. The number of anilines is 1. The Labute approximate surface area is 180 Å². The van der Waals surface area contributed by atoms with E-state index in [1.165, 1.54) is 0 Å². The number of rotatable bonds is 7. The minimum atomic E-state index is -0.337. The molecule has 154 valence electrons. The molecule has 0 aliphatic carbocycles. The molecular weight excluding hydrogens is 396 g/mol. The van der Waals surface area contributed by atoms with Crippen LogP contribution < -0.4 is 10.2 Å². The normalized spacial score (nSPS) is 16.1. The summed E-state index contributed by atoms with van der Waals surface area (Å²) in [5.74, 6) is -0.428. The molecule has 2 amide bonds. The average molecular weight is 421 g/mol. The van der Waals surface area contributed by atoms with Gasteiger partial charge >= 0.3 is 0 Å². The molecule has 1 N–H and O–H groups in total. The van der Waals surface area contributed by atoms with E-state index >= 15 is 0 Å². The van der Waals surface area contributed by atoms with Crippen molar-refractivity contribution in [1.29, 1.82) is 0 Å². The summed E-state index contributed by atoms with van der Waals surface area (Å²) in [6.07, 6.45) is 5.93. The van der Waals surface area contributed by atoms with Crippen molar-refractivity contribution >= 4 is 29.3 Å². The summed E-state index contributed by atoms with van der Waals surface area (Å²) in [6.45, 7) is 1.50. The summed E-state index contributed by atoms with van der Waals surface area (Å²) < 4.78 is 1.86. The van der Waals surface area contributed by atoms with Crippen LogP contribution in [-0.4, -0.2) is 34.4 Å². The van der Waals surface area contributed by atoms with E-state index < -0.39 is 0 Å². The maximum Gasteiger partial charge on any atom is 0.227 e. The van der Waals surface area contributed by atoms with Gasteiger partial charge in [0.2, 0.25) is 11.8 Å². The second-order valence-corrected chi connectivity index (χ2v) is 8.17. The second-order valence-electron chi connectivity index (χ2n) is 7.29. The Morgan fingerprint density at radius 3 is 2.60 bits per heavy atom. The number of hydrogen-bond acceptors (Lipinski definition) is 4. The van der Waals surface area contributed by atoms with Crippen LogP contribution in [-0.2, 0) is 22.7 Å². The monoisotopic (exact) mass is 420 g/mol. The summed E-state index contributed by atoms with van der Waals surface area (Å²) in [5, 5.41) is 7.27. The highest BCUT2D eigenvalue weighted by atomic mass is 32.2. The maximum absolute atomic E-state index is 12.8. The Balaban J connectivity index is 1.37. The fourth-order valence-electron chi connectivity index (χ4n) is 3.67. The van der Waals surface area contributed by atoms with Gasteiger partial charge in [-0.1, -0.05) is 24.3 Å². The van der Waals surface area contributed by atoms with Gasteiger partial charge in [-0.15, -0.1) is 11.8 Å². The third-order valence-corrected chi connectivity index (χ3v) is 6.09. The molecule has 6 nitrogen and oxygen atoms in total. The summed E-state index contributed by atoms with van der Waals surface area (Å²) in [5.41, 5.74) is 3.01. The topological polar surface area (TPSA) is 67.2 Å². The third kappa shape index (κ3) is 4.57. The van der Waals surface area contributed by atoms with Crippen LogP contribution in [0.1, 0.15) is 17.5 Å². The minimum Gasteiger partial charge on any atom is -0.352 e. The van der Waals surface area contributed by atoms with Gasteiger partial charge in [0.05, 0.1) is 12.5 Å². The van der Waals surface area contributed by atoms with Crippen molar-refractivity contribution in [1.82, 2.24) is 15.1 Å². The Morgan fingerprint density at radius 1 is 1.13 bits per heavy atom. The molecule has 1 saturated heterocycles. The van der Waals surface area contributed by atoms with E-state index in [4.69, 9.17) is 0 Å². The van der Waals surface area contributed by atoms with Gasteiger partial charge in [-0.3, -0.25) is 14.3 Å². The van der Waals surface area contributed by atoms with Gasteiger partial charge in [0, 0.05) is 42.5 Å². The number of carbonyl (C=O) groups is 2. The van der Waals surface area contributed by atoms with E-state index in [-0.39, 0.29) is 24.2 Å². The highest BCUT2D eigenvalue weighted by molar-refractivity contribution is 7.98. The first-order valence-corrected chi connectivity index (χ1v) is 11.1. The van der Waals surface area contributed by atoms with Gasteiger partial charge in [-0.25, -0.2) is 0 Å². The molecule has 0 bridgehead atoms. The predicted molar refractivity (Wildman–Crippen MR) is 118 cm³/mol. The van der Waals surface area contributed by atoms with E-state index in [9.17, 15) is 9.59 Å². The molecule has 1 aliphatic rings. The van der Waals surface area contributed by atoms with Crippen molar-refractivity contribution in [3.8, 4) is 0 Å². The molecule has 1 aromatic heterocycles. The van der Waals surface area contributed by atoms with E-state index in [0.29, 0.717) is 19.6 Å². The Hall–Kier alpha value is -3.06. The SMILES string of the molecule is CSc1ccc(N2C[C@H](C(=O)NCc3ccccc3Cn3cccn3)CC2=O)cc1. The van der Waals surface area contributed by atoms with Crippen molar-refractivity contribution < 1.29 is 9.59 Å². The molecule has 30 heavy (non-hydrogen) atoms. The van der Waals surface area contributed by atoms with Crippen LogP contribution >= 0.6 is 11.8 Å². The molecule has 4 rings (SSSR count). The van der Waals surface area contributed by atoms with Crippen molar-refractivity contribution in [2.45, 2.75) is 24.4 Å². The van der Waals surface area contributed by atoms with Gasteiger partial charge in [0.15, 0.2) is 0 Å². The fraction of sp³-hybridized carbons (Fsp3) is 0.261. The summed E-state index contributed by atoms with van der Waals surface area (Å²) in [4.78, 5) is 28.1. The number of aromatic nitrogens is 2. The summed E-state index contributed by atoms with van der Waals surface area (Å²) >= 11 is 1.66. The number of amides is 2. The standard InChI is InChI=1S/C23H24N4O2S/c1-30-21-9-7-20(8-10-21)27-16-19(13-22(27)28)23(29)24-14-17-5-2-3-6-18(17)15-26-12-4-11-25-26/h2-12,19H,13-16H2,1H3,(H,24,29)/t19-/m1/s1. The fourth-order valence-corrected chi connectivity index (χ4v) is 4.08. The zero-order chi connectivity index (χ0) is 20.9. The zero-order valence-electron chi connectivity index (χ0n) is 16.8. The highest BCUT2D eigenvalue weighted by Crippen LogP contribution is 2.27. The summed E-state index contributed by atoms with van der Waals surface area (Å²) in [6, 6.07) is 17.8. The predicted octanol–water partition coefficient (Wildman–Crippen LogP) is 3.32. The van der Waals surface area contributed by atoms with Gasteiger partial charge in [-0.05, 0) is 47.7 Å². The molecule has 3 aromatic rings. The average Bonchev–Trinajstić information content (AvgIpc) is 3.42. The Kier molecular flexibility index (Phi) is 6.18. The largest absolute Gasteiger partial charge is 0.352 e. The molecule has 7 heteroatoms. The van der Waals surface area contributed by atoms with E-state index in [1.807, 2.05) is 71.7 Å². The van der Waals surface area contributed by atoms with Gasteiger partial charge in [-0.2, -0.15) is 5.10 Å². The maximum atomic E-state index is 12.8. The summed E-state index contributed by atoms with van der Waals surface area (Å²) in [7, 11) is 0. The number of benzene rings is 2. The van der Waals surface area contributed by atoms with Crippen molar-refractivity contribution in [2.75, 3.05) is 17.7 Å². The van der Waals surface area contributed by atoms with Crippen LogP contribution in [0.5, 0.6) is 0 Å². The molecule has 2 aromatic carbocycles. The van der Waals surface area contributed by atoms with Crippen molar-refractivity contribution in [2.24, 2.45) is 5.92 Å². The van der Waals surface area contributed by atoms with Crippen molar-refractivity contribution in [3.05, 3.63) is 78.1 Å². The van der Waals surface area contributed by atoms with Gasteiger partial charge < -0.3 is 10.2 Å². The smallest absolute Gasteiger partial charge is 0.227 e. The number of thioether (sulfide) groups is 1. The zero-order valence-corrected chi connectivity index (χ0v) is 17.6. The molecule has 1 fully saturated rings. The molecule has 0 saturated carbocycles. The third-order valence-electron chi connectivity index (χ3n) is 5.34. The van der Waals surface area contributed by atoms with Crippen LogP contribution in [0.2, 0.25) is 0 Å². The van der Waals surface area contributed by atoms with Crippen LogP contribution in [0, 0.1) is 5.92 Å². The lowest BCUT2D eigenvalue weighted by molar-refractivity contribution is -0.126. The first kappa shape index (κ1) is 20.2. The van der Waals surface area contributed by atoms with E-state index in [1.54, 1.807) is 22.9 Å². The molecule has 2 heterocycles. The number of nitrogens with zero attached hydrogens (tertiary/aromatic N) is 3. The quantitative estimate of drug-likeness (QED) is 0.596. The van der Waals surface area contributed by atoms with Crippen molar-refractivity contribution in [3.63, 3.8) is 0 Å². The number of hydrogen-bond donors (Lipinski definition) is 1. The lowest BCUT2D eigenvalue weighted by Crippen LogP contribution is -2.32. The molecular formula is C23H24N4O2S. The minimum absolute atomic E-state index is 0.00821. The van der Waals surface area contributed by atoms with Gasteiger partial charge in [0.25, 0.3) is 0 Å². The van der Waals surface area contributed by atoms with Crippen LogP contribution in [0.15, 0.2) is 71.9 Å². The first-order valence-electron chi connectivity index (χ1n) is 9.90. The van der Waals surface area contributed by atoms with Crippen LogP contribution in [0.4, 0.5) is 5.69 Å². The molecule has 1 aliphatic heterocycles. The first-order chi connectivity index (χ1) is 14.6. The second kappa shape index (κ2) is 9.17. The van der Waals surface area contributed by atoms with Crippen LogP contribution in [0.25, 0.3) is 0 Å². The molecule has 0 spiro atoms. The Bertz CT molecular complexity index is 1020. The Morgan fingerprint density at radius 2 is 1.90 bits per heavy atom. The lowest BCUT2D eigenvalue weighted by atomic mass is 10.1. The number of carbonyl (C=O) groups excluding carboxylic acids is 2. The van der Waals surface area contributed by atoms with E-state index in [2.05, 4.69) is 10.4 Å². The lowest BCUT2D eigenvalue weighted by Gasteiger charge is -2.17. The molecule has 1 atom stereocenters. The molecule has 0 unspecified atom stereocenters. The van der Waals surface area contributed by atoms with E-state index in [0.717, 1.165) is 21.7 Å². The van der Waals surface area contributed by atoms with Crippen LogP contribution in [0.3, 0.4) is 0 Å².